The Morgan fingerprint density at radius 2 is 1.91 bits per heavy atom. The summed E-state index contributed by atoms with van der Waals surface area (Å²) in [6, 6.07) is 15.2. The molecule has 1 aliphatic rings. The molecule has 0 amide bonds. The van der Waals surface area contributed by atoms with E-state index in [0.717, 1.165) is 16.9 Å². The molecule has 2 aromatic rings. The van der Waals surface area contributed by atoms with Gasteiger partial charge in [0.25, 0.3) is 0 Å². The summed E-state index contributed by atoms with van der Waals surface area (Å²) in [5.41, 5.74) is 8.95. The number of carbonyl (C=O) groups excluding carboxylic acids is 1. The van der Waals surface area contributed by atoms with E-state index < -0.39 is 11.9 Å². The lowest BCUT2D eigenvalue weighted by Crippen LogP contribution is -2.25. The standard InChI is InChI=1S/C25H26N2O5/c1-5-30-25(28)22-16(3)32-24(27)20(13-26)23(22)17-8-11-21(29-4)18(12-17)14-31-19-9-6-15(2)7-10-19/h6-12,23H,5,14,27H2,1-4H3. The molecule has 0 aromatic heterocycles. The van der Waals surface area contributed by atoms with Crippen LogP contribution in [0.3, 0.4) is 0 Å². The summed E-state index contributed by atoms with van der Waals surface area (Å²) < 4.78 is 22.1. The van der Waals surface area contributed by atoms with Crippen LogP contribution >= 0.6 is 0 Å². The van der Waals surface area contributed by atoms with E-state index in [-0.39, 0.29) is 30.2 Å². The lowest BCUT2D eigenvalue weighted by Gasteiger charge is -2.27. The fourth-order valence-electron chi connectivity index (χ4n) is 3.57. The Hall–Kier alpha value is -3.92. The highest BCUT2D eigenvalue weighted by atomic mass is 16.5. The van der Waals surface area contributed by atoms with Crippen LogP contribution in [0, 0.1) is 18.3 Å². The first kappa shape index (κ1) is 22.8. The number of carbonyl (C=O) groups is 1. The first-order valence-electron chi connectivity index (χ1n) is 10.2. The number of rotatable bonds is 7. The van der Waals surface area contributed by atoms with Crippen molar-refractivity contribution in [3.05, 3.63) is 81.9 Å². The summed E-state index contributed by atoms with van der Waals surface area (Å²) >= 11 is 0. The van der Waals surface area contributed by atoms with E-state index in [0.29, 0.717) is 17.1 Å². The highest BCUT2D eigenvalue weighted by Gasteiger charge is 2.36. The molecule has 7 nitrogen and oxygen atoms in total. The van der Waals surface area contributed by atoms with Crippen LogP contribution in [-0.4, -0.2) is 19.7 Å². The number of esters is 1. The lowest BCUT2D eigenvalue weighted by atomic mass is 9.82. The van der Waals surface area contributed by atoms with Crippen LogP contribution in [0.25, 0.3) is 0 Å². The van der Waals surface area contributed by atoms with Gasteiger partial charge < -0.3 is 24.7 Å². The number of hydrogen-bond acceptors (Lipinski definition) is 7. The predicted octanol–water partition coefficient (Wildman–Crippen LogP) is 4.23. The zero-order chi connectivity index (χ0) is 23.3. The summed E-state index contributed by atoms with van der Waals surface area (Å²) in [4.78, 5) is 12.7. The third-order valence-electron chi connectivity index (χ3n) is 5.15. The molecule has 0 saturated carbocycles. The highest BCUT2D eigenvalue weighted by Crippen LogP contribution is 2.40. The van der Waals surface area contributed by atoms with Gasteiger partial charge in [0.15, 0.2) is 0 Å². The van der Waals surface area contributed by atoms with Gasteiger partial charge in [-0.2, -0.15) is 5.26 Å². The van der Waals surface area contributed by atoms with Crippen molar-refractivity contribution in [2.75, 3.05) is 13.7 Å². The third-order valence-corrected chi connectivity index (χ3v) is 5.15. The van der Waals surface area contributed by atoms with Gasteiger partial charge >= 0.3 is 5.97 Å². The maximum absolute atomic E-state index is 12.7. The molecule has 0 fully saturated rings. The molecule has 32 heavy (non-hydrogen) atoms. The normalized spacial score (nSPS) is 15.7. The van der Waals surface area contributed by atoms with E-state index in [2.05, 4.69) is 6.07 Å². The minimum absolute atomic E-state index is 0.0312. The number of nitrogens with zero attached hydrogens (tertiary/aromatic N) is 1. The molecule has 0 saturated heterocycles. The van der Waals surface area contributed by atoms with Crippen LogP contribution in [-0.2, 0) is 20.9 Å². The van der Waals surface area contributed by atoms with E-state index in [1.165, 1.54) is 0 Å². The average Bonchev–Trinajstić information content (AvgIpc) is 2.78. The van der Waals surface area contributed by atoms with Crippen LogP contribution in [0.2, 0.25) is 0 Å². The van der Waals surface area contributed by atoms with Crippen molar-refractivity contribution in [2.45, 2.75) is 33.3 Å². The molecule has 0 spiro atoms. The number of benzene rings is 2. The maximum Gasteiger partial charge on any atom is 0.338 e. The summed E-state index contributed by atoms with van der Waals surface area (Å²) in [6.07, 6.45) is 0. The second-order valence-electron chi connectivity index (χ2n) is 7.29. The fraction of sp³-hybridized carbons (Fsp3) is 0.280. The highest BCUT2D eigenvalue weighted by molar-refractivity contribution is 5.92. The van der Waals surface area contributed by atoms with Crippen LogP contribution in [0.15, 0.2) is 65.3 Å². The number of hydrogen-bond donors (Lipinski definition) is 1. The Bertz CT molecular complexity index is 1110. The van der Waals surface area contributed by atoms with Crippen molar-refractivity contribution in [2.24, 2.45) is 5.73 Å². The lowest BCUT2D eigenvalue weighted by molar-refractivity contribution is -0.139. The Morgan fingerprint density at radius 3 is 2.53 bits per heavy atom. The van der Waals surface area contributed by atoms with Crippen molar-refractivity contribution in [1.82, 2.24) is 0 Å². The largest absolute Gasteiger partial charge is 0.496 e. The Morgan fingerprint density at radius 1 is 1.19 bits per heavy atom. The predicted molar refractivity (Wildman–Crippen MR) is 118 cm³/mol. The molecule has 0 aliphatic carbocycles. The summed E-state index contributed by atoms with van der Waals surface area (Å²) in [6.45, 7) is 5.79. The molecule has 1 heterocycles. The number of methoxy groups -OCH3 is 1. The van der Waals surface area contributed by atoms with Crippen LogP contribution in [0.1, 0.15) is 36.5 Å². The quantitative estimate of drug-likeness (QED) is 0.651. The van der Waals surface area contributed by atoms with Crippen LogP contribution < -0.4 is 15.2 Å². The van der Waals surface area contributed by atoms with Gasteiger partial charge in [0.05, 0.1) is 25.2 Å². The number of nitriles is 1. The Kier molecular flexibility index (Phi) is 7.06. The maximum atomic E-state index is 12.7. The topological polar surface area (TPSA) is 104 Å². The van der Waals surface area contributed by atoms with Crippen molar-refractivity contribution in [1.29, 1.82) is 5.26 Å². The summed E-state index contributed by atoms with van der Waals surface area (Å²) in [5, 5.41) is 9.76. The third kappa shape index (κ3) is 4.70. The van der Waals surface area contributed by atoms with E-state index in [9.17, 15) is 10.1 Å². The molecule has 1 unspecified atom stereocenters. The second kappa shape index (κ2) is 9.92. The summed E-state index contributed by atoms with van der Waals surface area (Å²) in [7, 11) is 1.57. The van der Waals surface area contributed by atoms with Crippen molar-refractivity contribution >= 4 is 5.97 Å². The number of ether oxygens (including phenoxy) is 4. The Balaban J connectivity index is 2.02. The molecule has 3 rings (SSSR count). The number of allylic oxidation sites excluding steroid dienone is 2. The van der Waals surface area contributed by atoms with Gasteiger partial charge in [-0.1, -0.05) is 23.8 Å². The molecule has 2 N–H and O–H groups in total. The molecule has 1 aliphatic heterocycles. The van der Waals surface area contributed by atoms with Gasteiger partial charge in [-0.3, -0.25) is 0 Å². The SMILES string of the molecule is CCOC(=O)C1=C(C)OC(N)=C(C#N)C1c1ccc(OC)c(COc2ccc(C)cc2)c1. The zero-order valence-electron chi connectivity index (χ0n) is 18.6. The van der Waals surface area contributed by atoms with Gasteiger partial charge in [0.1, 0.15) is 35.5 Å². The van der Waals surface area contributed by atoms with Gasteiger partial charge in [0, 0.05) is 5.56 Å². The minimum atomic E-state index is -0.725. The van der Waals surface area contributed by atoms with Crippen molar-refractivity contribution < 1.29 is 23.7 Å². The van der Waals surface area contributed by atoms with E-state index in [4.69, 9.17) is 24.7 Å². The zero-order valence-corrected chi connectivity index (χ0v) is 18.6. The van der Waals surface area contributed by atoms with E-state index in [1.54, 1.807) is 33.1 Å². The smallest absolute Gasteiger partial charge is 0.338 e. The van der Waals surface area contributed by atoms with E-state index in [1.807, 2.05) is 37.3 Å². The van der Waals surface area contributed by atoms with Crippen molar-refractivity contribution in [3.63, 3.8) is 0 Å². The monoisotopic (exact) mass is 434 g/mol. The van der Waals surface area contributed by atoms with Crippen LogP contribution in [0.4, 0.5) is 0 Å². The number of aryl methyl sites for hydroxylation is 1. The molecular formula is C25H26N2O5. The van der Waals surface area contributed by atoms with Gasteiger partial charge in [-0.05, 0) is 50.6 Å². The molecule has 7 heteroatoms. The first-order valence-corrected chi connectivity index (χ1v) is 10.2. The first-order chi connectivity index (χ1) is 15.4. The molecule has 166 valence electrons. The molecular weight excluding hydrogens is 408 g/mol. The van der Waals surface area contributed by atoms with Gasteiger partial charge in [0.2, 0.25) is 5.88 Å². The van der Waals surface area contributed by atoms with Gasteiger partial charge in [-0.15, -0.1) is 0 Å². The average molecular weight is 434 g/mol. The summed E-state index contributed by atoms with van der Waals surface area (Å²) in [5.74, 6) is 0.343. The van der Waals surface area contributed by atoms with Crippen molar-refractivity contribution in [3.8, 4) is 17.6 Å². The number of nitrogens with two attached hydrogens (primary N) is 1. The molecule has 2 aromatic carbocycles. The molecule has 1 atom stereocenters. The Labute approximate surface area is 187 Å². The van der Waals surface area contributed by atoms with E-state index >= 15 is 0 Å². The minimum Gasteiger partial charge on any atom is -0.496 e. The van der Waals surface area contributed by atoms with Gasteiger partial charge in [-0.25, -0.2) is 4.79 Å². The second-order valence-corrected chi connectivity index (χ2v) is 7.29. The fourth-order valence-corrected chi connectivity index (χ4v) is 3.57. The van der Waals surface area contributed by atoms with Crippen LogP contribution in [0.5, 0.6) is 11.5 Å². The molecule has 0 bridgehead atoms. The molecule has 0 radical (unpaired) electrons.